The number of nitrogens with one attached hydrogen (secondary N) is 3. The zero-order valence-corrected chi connectivity index (χ0v) is 29.5. The van der Waals surface area contributed by atoms with Crippen molar-refractivity contribution in [2.75, 3.05) is 23.7 Å². The standard InChI is InChI=1S/C39H43FN8O3/c1-25-8-9-29(19-35(25)46-37-41-15-14-34(45-37)28-10-12-30(40)13-11-28)36(49)43-32-17-27(18-33(20-32)48-21-26(2)42-24-48)22-47-16-6-7-31(23-47)44-38(50)51-39(3,4)5/h8-15,17-21,24,31H,6-7,16,22-23H2,1-5H3,(H,43,49)(H,44,50)(H,41,45,46)/t31-/m0/s1. The number of carbonyl (C=O) groups excluding carboxylic acids is 2. The van der Waals surface area contributed by atoms with Gasteiger partial charge in [-0.25, -0.2) is 24.1 Å². The molecule has 1 atom stereocenters. The van der Waals surface area contributed by atoms with Crippen molar-refractivity contribution in [1.82, 2.24) is 29.7 Å². The van der Waals surface area contributed by atoms with Gasteiger partial charge in [0.2, 0.25) is 5.95 Å². The molecule has 0 saturated carbocycles. The zero-order valence-electron chi connectivity index (χ0n) is 29.5. The van der Waals surface area contributed by atoms with Crippen LogP contribution in [0.3, 0.4) is 0 Å². The maximum absolute atomic E-state index is 13.7. The second kappa shape index (κ2) is 15.1. The highest BCUT2D eigenvalue weighted by atomic mass is 19.1. The van der Waals surface area contributed by atoms with Gasteiger partial charge in [0.25, 0.3) is 5.91 Å². The van der Waals surface area contributed by atoms with Crippen LogP contribution in [0.2, 0.25) is 0 Å². The summed E-state index contributed by atoms with van der Waals surface area (Å²) in [5.74, 6) is -0.239. The first-order valence-electron chi connectivity index (χ1n) is 17.0. The van der Waals surface area contributed by atoms with E-state index < -0.39 is 11.7 Å². The summed E-state index contributed by atoms with van der Waals surface area (Å²) in [7, 11) is 0. The third kappa shape index (κ3) is 9.55. The molecule has 0 radical (unpaired) electrons. The number of amides is 2. The van der Waals surface area contributed by atoms with Gasteiger partial charge in [-0.05, 0) is 126 Å². The fourth-order valence-electron chi connectivity index (χ4n) is 6.02. The minimum Gasteiger partial charge on any atom is -0.444 e. The molecular formula is C39H43FN8O3. The van der Waals surface area contributed by atoms with E-state index in [1.54, 1.807) is 42.9 Å². The number of piperidine rings is 1. The van der Waals surface area contributed by atoms with Crippen LogP contribution in [0.25, 0.3) is 16.9 Å². The number of anilines is 3. The normalized spacial score (nSPS) is 14.9. The average Bonchev–Trinajstić information content (AvgIpc) is 3.51. The van der Waals surface area contributed by atoms with E-state index in [1.807, 2.05) is 63.6 Å². The molecule has 1 fully saturated rings. The van der Waals surface area contributed by atoms with Crippen molar-refractivity contribution in [3.05, 3.63) is 114 Å². The predicted molar refractivity (Wildman–Crippen MR) is 196 cm³/mol. The predicted octanol–water partition coefficient (Wildman–Crippen LogP) is 7.57. The van der Waals surface area contributed by atoms with Crippen LogP contribution < -0.4 is 16.0 Å². The zero-order chi connectivity index (χ0) is 36.1. The van der Waals surface area contributed by atoms with Crippen LogP contribution in [0.4, 0.5) is 26.5 Å². The molecule has 3 aromatic carbocycles. The Morgan fingerprint density at radius 2 is 1.80 bits per heavy atom. The van der Waals surface area contributed by atoms with Gasteiger partial charge >= 0.3 is 6.09 Å². The lowest BCUT2D eigenvalue weighted by Crippen LogP contribution is -2.48. The minimum atomic E-state index is -0.561. The largest absolute Gasteiger partial charge is 0.444 e. The lowest BCUT2D eigenvalue weighted by atomic mass is 10.0. The topological polar surface area (TPSA) is 126 Å². The highest BCUT2D eigenvalue weighted by molar-refractivity contribution is 6.05. The summed E-state index contributed by atoms with van der Waals surface area (Å²) in [6.45, 7) is 11.6. The molecule has 12 heteroatoms. The van der Waals surface area contributed by atoms with Crippen molar-refractivity contribution in [2.45, 2.75) is 65.6 Å². The van der Waals surface area contributed by atoms with Gasteiger partial charge in [0, 0.05) is 59.7 Å². The third-order valence-electron chi connectivity index (χ3n) is 8.42. The Morgan fingerprint density at radius 3 is 2.55 bits per heavy atom. The number of imidazole rings is 1. The van der Waals surface area contributed by atoms with Gasteiger partial charge in [0.15, 0.2) is 0 Å². The van der Waals surface area contributed by atoms with Gasteiger partial charge in [-0.1, -0.05) is 6.07 Å². The molecule has 2 amide bonds. The summed E-state index contributed by atoms with van der Waals surface area (Å²) in [5.41, 5.74) is 6.29. The third-order valence-corrected chi connectivity index (χ3v) is 8.42. The van der Waals surface area contributed by atoms with E-state index in [9.17, 15) is 14.0 Å². The summed E-state index contributed by atoms with van der Waals surface area (Å²) in [5, 5.41) is 9.37. The molecule has 264 valence electrons. The molecule has 0 aliphatic carbocycles. The number of likely N-dealkylation sites (tertiary alicyclic amines) is 1. The van der Waals surface area contributed by atoms with E-state index in [1.165, 1.54) is 12.1 Å². The minimum absolute atomic E-state index is 0.0209. The highest BCUT2D eigenvalue weighted by Crippen LogP contribution is 2.26. The molecule has 3 heterocycles. The van der Waals surface area contributed by atoms with Crippen molar-refractivity contribution in [3.63, 3.8) is 0 Å². The number of alkyl carbamates (subject to hydrolysis) is 1. The van der Waals surface area contributed by atoms with Crippen LogP contribution in [0, 0.1) is 19.7 Å². The summed E-state index contributed by atoms with van der Waals surface area (Å²) in [6.07, 6.45) is 6.75. The van der Waals surface area contributed by atoms with Crippen LogP contribution in [-0.4, -0.2) is 61.2 Å². The van der Waals surface area contributed by atoms with Gasteiger partial charge < -0.3 is 25.3 Å². The second-order valence-corrected chi connectivity index (χ2v) is 13.9. The Kier molecular flexibility index (Phi) is 10.4. The molecule has 0 spiro atoms. The summed E-state index contributed by atoms with van der Waals surface area (Å²) in [6, 6.07) is 19.3. The average molecular weight is 691 g/mol. The summed E-state index contributed by atoms with van der Waals surface area (Å²) < 4.78 is 20.9. The quantitative estimate of drug-likeness (QED) is 0.145. The first kappa shape index (κ1) is 35.2. The van der Waals surface area contributed by atoms with Gasteiger partial charge in [-0.2, -0.15) is 0 Å². The van der Waals surface area contributed by atoms with Crippen LogP contribution >= 0.6 is 0 Å². The molecule has 11 nitrogen and oxygen atoms in total. The van der Waals surface area contributed by atoms with Crippen LogP contribution in [0.1, 0.15) is 60.8 Å². The Hall–Kier alpha value is -5.62. The first-order chi connectivity index (χ1) is 24.4. The number of ether oxygens (including phenoxy) is 1. The molecule has 3 N–H and O–H groups in total. The maximum Gasteiger partial charge on any atom is 0.407 e. The van der Waals surface area contributed by atoms with E-state index in [4.69, 9.17) is 4.74 Å². The Balaban J connectivity index is 1.19. The molecule has 1 saturated heterocycles. The SMILES string of the molecule is Cc1cn(-c2cc(CN3CCC[C@H](NC(=O)OC(C)(C)C)C3)cc(NC(=O)c3ccc(C)c(Nc4nccc(-c5ccc(F)cc5)n4)c3)c2)cn1. The smallest absolute Gasteiger partial charge is 0.407 e. The number of benzene rings is 3. The van der Waals surface area contributed by atoms with E-state index in [-0.39, 0.29) is 17.8 Å². The van der Waals surface area contributed by atoms with Crippen LogP contribution in [-0.2, 0) is 11.3 Å². The van der Waals surface area contributed by atoms with E-state index in [2.05, 4.69) is 41.9 Å². The van der Waals surface area contributed by atoms with Crippen molar-refractivity contribution < 1.29 is 18.7 Å². The Bertz CT molecular complexity index is 2020. The molecule has 6 rings (SSSR count). The van der Waals surface area contributed by atoms with Crippen molar-refractivity contribution in [1.29, 1.82) is 0 Å². The molecule has 51 heavy (non-hydrogen) atoms. The number of rotatable bonds is 9. The maximum atomic E-state index is 13.7. The van der Waals surface area contributed by atoms with E-state index >= 15 is 0 Å². The number of halogens is 1. The number of hydrogen-bond donors (Lipinski definition) is 3. The highest BCUT2D eigenvalue weighted by Gasteiger charge is 2.24. The van der Waals surface area contributed by atoms with Gasteiger partial charge in [0.1, 0.15) is 11.4 Å². The number of nitrogens with zero attached hydrogens (tertiary/aromatic N) is 5. The van der Waals surface area contributed by atoms with Crippen molar-refractivity contribution >= 4 is 29.3 Å². The number of carbonyl (C=O) groups is 2. The Morgan fingerprint density at radius 1 is 1.00 bits per heavy atom. The second-order valence-electron chi connectivity index (χ2n) is 13.9. The first-order valence-corrected chi connectivity index (χ1v) is 17.0. The summed E-state index contributed by atoms with van der Waals surface area (Å²) in [4.78, 5) is 41.8. The van der Waals surface area contributed by atoms with E-state index in [0.717, 1.165) is 47.5 Å². The molecular weight excluding hydrogens is 647 g/mol. The molecule has 1 aliphatic heterocycles. The van der Waals surface area contributed by atoms with Crippen molar-refractivity contribution in [2.24, 2.45) is 0 Å². The number of aromatic nitrogens is 4. The lowest BCUT2D eigenvalue weighted by Gasteiger charge is -2.33. The fraction of sp³-hybridized carbons (Fsp3) is 0.308. The molecule has 0 bridgehead atoms. The van der Waals surface area contributed by atoms with Gasteiger partial charge in [-0.15, -0.1) is 0 Å². The summed E-state index contributed by atoms with van der Waals surface area (Å²) >= 11 is 0. The lowest BCUT2D eigenvalue weighted by molar-refractivity contribution is 0.0470. The number of aryl methyl sites for hydroxylation is 2. The van der Waals surface area contributed by atoms with Crippen LogP contribution in [0.5, 0.6) is 0 Å². The molecule has 2 aromatic heterocycles. The van der Waals surface area contributed by atoms with Gasteiger partial charge in [0.05, 0.1) is 17.7 Å². The van der Waals surface area contributed by atoms with Gasteiger partial charge in [-0.3, -0.25) is 9.69 Å². The molecule has 1 aliphatic rings. The van der Waals surface area contributed by atoms with Crippen LogP contribution in [0.15, 0.2) is 85.5 Å². The molecule has 5 aromatic rings. The number of hydrogen-bond acceptors (Lipinski definition) is 8. The Labute approximate surface area is 297 Å². The van der Waals surface area contributed by atoms with E-state index in [0.29, 0.717) is 41.7 Å². The van der Waals surface area contributed by atoms with Crippen molar-refractivity contribution in [3.8, 4) is 16.9 Å². The molecule has 0 unspecified atom stereocenters. The fourth-order valence-corrected chi connectivity index (χ4v) is 6.02. The monoisotopic (exact) mass is 690 g/mol.